The van der Waals surface area contributed by atoms with Gasteiger partial charge in [-0.3, -0.25) is 9.78 Å². The number of hydrogen-bond donors (Lipinski definition) is 2. The molecule has 0 radical (unpaired) electrons. The van der Waals surface area contributed by atoms with E-state index >= 15 is 0 Å². The molecule has 2 aromatic heterocycles. The number of thiazole rings is 1. The summed E-state index contributed by atoms with van der Waals surface area (Å²) in [5.41, 5.74) is 13.0. The summed E-state index contributed by atoms with van der Waals surface area (Å²) in [4.78, 5) is 34.1. The van der Waals surface area contributed by atoms with Crippen LogP contribution >= 0.6 is 11.3 Å². The number of carbonyl (C=O) groups is 2. The molecule has 0 aliphatic carbocycles. The summed E-state index contributed by atoms with van der Waals surface area (Å²) in [5.74, 6) is -0.410. The van der Waals surface area contributed by atoms with E-state index in [4.69, 9.17) is 11.5 Å². The molecule has 1 atom stereocenters. The molecule has 1 fully saturated rings. The van der Waals surface area contributed by atoms with Gasteiger partial charge in [-0.05, 0) is 31.9 Å². The Hall–Kier alpha value is -2.48. The maximum atomic E-state index is 12.2. The molecule has 3 rings (SSSR count). The van der Waals surface area contributed by atoms with Gasteiger partial charge in [0.15, 0.2) is 0 Å². The molecule has 8 heteroatoms. The first-order chi connectivity index (χ1) is 11.9. The maximum Gasteiger partial charge on any atom is 0.314 e. The van der Waals surface area contributed by atoms with Crippen LogP contribution in [0.4, 0.5) is 4.79 Å². The molecule has 1 aliphatic rings. The van der Waals surface area contributed by atoms with Gasteiger partial charge in [-0.25, -0.2) is 9.78 Å². The van der Waals surface area contributed by atoms with Crippen molar-refractivity contribution in [2.75, 3.05) is 13.1 Å². The van der Waals surface area contributed by atoms with Gasteiger partial charge in [0.25, 0.3) is 0 Å². The number of rotatable bonds is 4. The Morgan fingerprint density at radius 1 is 1.36 bits per heavy atom. The van der Waals surface area contributed by atoms with Crippen LogP contribution in [-0.2, 0) is 11.2 Å². The molecule has 3 amide bonds. The number of piperidine rings is 1. The zero-order valence-corrected chi connectivity index (χ0v) is 14.9. The largest absolute Gasteiger partial charge is 0.369 e. The molecule has 7 nitrogen and oxygen atoms in total. The Morgan fingerprint density at radius 2 is 2.16 bits per heavy atom. The second kappa shape index (κ2) is 6.79. The lowest BCUT2D eigenvalue weighted by atomic mass is 9.76. The van der Waals surface area contributed by atoms with E-state index in [1.54, 1.807) is 6.20 Å². The molecular weight excluding hydrogens is 338 g/mol. The fourth-order valence-corrected chi connectivity index (χ4v) is 4.13. The minimum absolute atomic E-state index is 0.249. The Balaban J connectivity index is 1.83. The minimum atomic E-state index is -0.812. The molecule has 1 aliphatic heterocycles. The molecule has 1 unspecified atom stereocenters. The summed E-state index contributed by atoms with van der Waals surface area (Å²) in [7, 11) is 0. The van der Waals surface area contributed by atoms with E-state index in [9.17, 15) is 9.59 Å². The third kappa shape index (κ3) is 3.63. The number of pyridine rings is 1. The van der Waals surface area contributed by atoms with E-state index in [0.717, 1.165) is 22.0 Å². The van der Waals surface area contributed by atoms with Crippen LogP contribution in [-0.4, -0.2) is 39.9 Å². The van der Waals surface area contributed by atoms with Crippen molar-refractivity contribution in [1.82, 2.24) is 14.9 Å². The fraction of sp³-hybridized carbons (Fsp3) is 0.412. The van der Waals surface area contributed by atoms with Crippen molar-refractivity contribution in [2.24, 2.45) is 16.9 Å². The molecule has 1 saturated heterocycles. The Kier molecular flexibility index (Phi) is 4.71. The van der Waals surface area contributed by atoms with E-state index in [0.29, 0.717) is 25.8 Å². The van der Waals surface area contributed by atoms with Gasteiger partial charge in [0.05, 0.1) is 16.1 Å². The van der Waals surface area contributed by atoms with Crippen molar-refractivity contribution in [1.29, 1.82) is 0 Å². The predicted octanol–water partition coefficient (Wildman–Crippen LogP) is 1.70. The van der Waals surface area contributed by atoms with Gasteiger partial charge in [0, 0.05) is 42.3 Å². The number of aryl methyl sites for hydroxylation is 1. The van der Waals surface area contributed by atoms with Crippen molar-refractivity contribution < 1.29 is 9.59 Å². The van der Waals surface area contributed by atoms with E-state index in [1.165, 1.54) is 16.2 Å². The smallest absolute Gasteiger partial charge is 0.314 e. The Morgan fingerprint density at radius 3 is 2.80 bits per heavy atom. The lowest BCUT2D eigenvalue weighted by molar-refractivity contribution is -0.130. The highest BCUT2D eigenvalue weighted by molar-refractivity contribution is 7.10. The third-order valence-electron chi connectivity index (χ3n) is 4.66. The SMILES string of the molecule is Cc1ccc(-c2csc(CC3(C(N)=O)CCCN(C(N)=O)C3)n2)cn1. The van der Waals surface area contributed by atoms with Crippen molar-refractivity contribution >= 4 is 23.3 Å². The van der Waals surface area contributed by atoms with Gasteiger partial charge in [-0.1, -0.05) is 0 Å². The van der Waals surface area contributed by atoms with Gasteiger partial charge < -0.3 is 16.4 Å². The van der Waals surface area contributed by atoms with Gasteiger partial charge >= 0.3 is 6.03 Å². The van der Waals surface area contributed by atoms with Crippen molar-refractivity contribution in [3.05, 3.63) is 34.4 Å². The highest BCUT2D eigenvalue weighted by Crippen LogP contribution is 2.35. The predicted molar refractivity (Wildman–Crippen MR) is 95.8 cm³/mol. The van der Waals surface area contributed by atoms with Gasteiger partial charge in [-0.2, -0.15) is 0 Å². The first-order valence-electron chi connectivity index (χ1n) is 8.11. The number of nitrogens with zero attached hydrogens (tertiary/aromatic N) is 3. The summed E-state index contributed by atoms with van der Waals surface area (Å²) in [6.07, 6.45) is 3.53. The van der Waals surface area contributed by atoms with Crippen LogP contribution in [0.25, 0.3) is 11.3 Å². The first-order valence-corrected chi connectivity index (χ1v) is 8.99. The van der Waals surface area contributed by atoms with Crippen LogP contribution in [0.5, 0.6) is 0 Å². The monoisotopic (exact) mass is 359 g/mol. The molecule has 0 saturated carbocycles. The Bertz CT molecular complexity index is 789. The van der Waals surface area contributed by atoms with Gasteiger partial charge in [0.1, 0.15) is 0 Å². The lowest BCUT2D eigenvalue weighted by Gasteiger charge is -2.39. The van der Waals surface area contributed by atoms with E-state index in [2.05, 4.69) is 9.97 Å². The average Bonchev–Trinajstić information content (AvgIpc) is 3.04. The number of aromatic nitrogens is 2. The summed E-state index contributed by atoms with van der Waals surface area (Å²) >= 11 is 1.49. The normalized spacial score (nSPS) is 20.4. The van der Waals surface area contributed by atoms with Crippen molar-refractivity contribution in [3.8, 4) is 11.3 Å². The molecule has 0 aromatic carbocycles. The second-order valence-electron chi connectivity index (χ2n) is 6.50. The molecule has 0 spiro atoms. The highest BCUT2D eigenvalue weighted by atomic mass is 32.1. The molecule has 2 aromatic rings. The highest BCUT2D eigenvalue weighted by Gasteiger charge is 2.42. The van der Waals surface area contributed by atoms with Gasteiger partial charge in [0.2, 0.25) is 5.91 Å². The van der Waals surface area contributed by atoms with Crippen LogP contribution in [0.2, 0.25) is 0 Å². The molecular formula is C17H21N5O2S. The molecule has 4 N–H and O–H groups in total. The topological polar surface area (TPSA) is 115 Å². The summed E-state index contributed by atoms with van der Waals surface area (Å²) < 4.78 is 0. The molecule has 132 valence electrons. The van der Waals surface area contributed by atoms with Gasteiger partial charge in [-0.15, -0.1) is 11.3 Å². The quantitative estimate of drug-likeness (QED) is 0.864. The Labute approximate surface area is 150 Å². The average molecular weight is 359 g/mol. The number of carbonyl (C=O) groups excluding carboxylic acids is 2. The van der Waals surface area contributed by atoms with Crippen LogP contribution in [0.1, 0.15) is 23.5 Å². The van der Waals surface area contributed by atoms with E-state index in [1.807, 2.05) is 24.4 Å². The summed E-state index contributed by atoms with van der Waals surface area (Å²) in [6.45, 7) is 2.74. The maximum absolute atomic E-state index is 12.2. The number of hydrogen-bond acceptors (Lipinski definition) is 5. The number of likely N-dealkylation sites (tertiary alicyclic amines) is 1. The number of amides is 3. The molecule has 25 heavy (non-hydrogen) atoms. The zero-order valence-electron chi connectivity index (χ0n) is 14.1. The van der Waals surface area contributed by atoms with Crippen LogP contribution in [0, 0.1) is 12.3 Å². The van der Waals surface area contributed by atoms with Crippen LogP contribution in [0.15, 0.2) is 23.7 Å². The van der Waals surface area contributed by atoms with E-state index in [-0.39, 0.29) is 6.54 Å². The second-order valence-corrected chi connectivity index (χ2v) is 7.44. The van der Waals surface area contributed by atoms with Crippen LogP contribution in [0.3, 0.4) is 0 Å². The molecule has 0 bridgehead atoms. The summed E-state index contributed by atoms with van der Waals surface area (Å²) in [5, 5.41) is 2.77. The lowest BCUT2D eigenvalue weighted by Crippen LogP contribution is -2.54. The number of urea groups is 1. The fourth-order valence-electron chi connectivity index (χ4n) is 3.19. The summed E-state index contributed by atoms with van der Waals surface area (Å²) in [6, 6.07) is 3.39. The first kappa shape index (κ1) is 17.3. The zero-order chi connectivity index (χ0) is 18.0. The van der Waals surface area contributed by atoms with Crippen molar-refractivity contribution in [2.45, 2.75) is 26.2 Å². The number of primary amides is 2. The van der Waals surface area contributed by atoms with Crippen molar-refractivity contribution in [3.63, 3.8) is 0 Å². The minimum Gasteiger partial charge on any atom is -0.369 e. The third-order valence-corrected chi connectivity index (χ3v) is 5.51. The molecule has 3 heterocycles. The standard InChI is InChI=1S/C17H21N5O2S/c1-11-3-4-12(8-20-11)13-9-25-14(21-13)7-17(15(18)23)5-2-6-22(10-17)16(19)24/h3-4,8-9H,2,5-7,10H2,1H3,(H2,18,23)(H2,19,24). The van der Waals surface area contributed by atoms with Crippen LogP contribution < -0.4 is 11.5 Å². The van der Waals surface area contributed by atoms with E-state index < -0.39 is 17.4 Å². The number of nitrogens with two attached hydrogens (primary N) is 2.